The quantitative estimate of drug-likeness (QED) is 0.304. The van der Waals surface area contributed by atoms with Crippen LogP contribution in [0.15, 0.2) is 0 Å². The van der Waals surface area contributed by atoms with Gasteiger partial charge in [-0.05, 0) is 19.3 Å². The Hall–Kier alpha value is -1.71. The standard InChI is InChI=1S/C21H42N6O3/c1-4-7-12-27(13-8-5-2)20-24-19(25-21(26-20)30-14-9-6-3)23-11-16-29-18-17-28-15-10-22/h4-18,22H2,1-3H3,(H,23,24,25,26). The Bertz CT molecular complexity index is 527. The summed E-state index contributed by atoms with van der Waals surface area (Å²) in [7, 11) is 0. The number of rotatable bonds is 20. The Morgan fingerprint density at radius 1 is 0.800 bits per heavy atom. The number of aromatic nitrogens is 3. The zero-order chi connectivity index (χ0) is 21.9. The fourth-order valence-electron chi connectivity index (χ4n) is 2.59. The van der Waals surface area contributed by atoms with Crippen LogP contribution in [0, 0.1) is 0 Å². The number of hydrogen-bond donors (Lipinski definition) is 2. The van der Waals surface area contributed by atoms with Crippen LogP contribution in [0.2, 0.25) is 0 Å². The smallest absolute Gasteiger partial charge is 0.323 e. The van der Waals surface area contributed by atoms with Gasteiger partial charge in [0.2, 0.25) is 11.9 Å². The lowest BCUT2D eigenvalue weighted by molar-refractivity contribution is 0.0547. The van der Waals surface area contributed by atoms with Crippen molar-refractivity contribution in [2.75, 3.05) is 69.4 Å². The first kappa shape index (κ1) is 26.3. The van der Waals surface area contributed by atoms with Crippen LogP contribution in [0.1, 0.15) is 59.3 Å². The SMILES string of the molecule is CCCCOc1nc(NCCOCCOCCN)nc(N(CCCC)CCCC)n1. The first-order chi connectivity index (χ1) is 14.7. The topological polar surface area (TPSA) is 108 Å². The van der Waals surface area contributed by atoms with Gasteiger partial charge in [0.05, 0.1) is 33.0 Å². The molecule has 0 aliphatic heterocycles. The summed E-state index contributed by atoms with van der Waals surface area (Å²) in [4.78, 5) is 15.9. The largest absolute Gasteiger partial charge is 0.463 e. The molecule has 0 aromatic carbocycles. The first-order valence-corrected chi connectivity index (χ1v) is 11.5. The van der Waals surface area contributed by atoms with Crippen LogP contribution in [-0.2, 0) is 9.47 Å². The molecule has 0 saturated carbocycles. The van der Waals surface area contributed by atoms with E-state index in [0.29, 0.717) is 64.0 Å². The predicted octanol–water partition coefficient (Wildman–Crippen LogP) is 2.86. The molecule has 0 bridgehead atoms. The zero-order valence-electron chi connectivity index (χ0n) is 19.2. The Morgan fingerprint density at radius 3 is 2.10 bits per heavy atom. The van der Waals surface area contributed by atoms with Crippen molar-refractivity contribution in [2.24, 2.45) is 5.73 Å². The van der Waals surface area contributed by atoms with Crippen LogP contribution in [0.4, 0.5) is 11.9 Å². The number of nitrogens with zero attached hydrogens (tertiary/aromatic N) is 4. The van der Waals surface area contributed by atoms with Gasteiger partial charge in [0.25, 0.3) is 0 Å². The molecule has 0 aliphatic rings. The molecule has 9 heteroatoms. The van der Waals surface area contributed by atoms with E-state index in [1.165, 1.54) is 0 Å². The average molecular weight is 427 g/mol. The van der Waals surface area contributed by atoms with E-state index in [4.69, 9.17) is 19.9 Å². The van der Waals surface area contributed by atoms with Gasteiger partial charge in [-0.25, -0.2) is 0 Å². The van der Waals surface area contributed by atoms with E-state index >= 15 is 0 Å². The molecule has 0 amide bonds. The second kappa shape index (κ2) is 18.1. The molecule has 1 heterocycles. The van der Waals surface area contributed by atoms with Crippen LogP contribution >= 0.6 is 0 Å². The minimum atomic E-state index is 0.380. The summed E-state index contributed by atoms with van der Waals surface area (Å²) in [6.45, 7) is 12.3. The lowest BCUT2D eigenvalue weighted by atomic mass is 10.3. The van der Waals surface area contributed by atoms with Crippen molar-refractivity contribution >= 4 is 11.9 Å². The number of nitrogens with one attached hydrogen (secondary N) is 1. The van der Waals surface area contributed by atoms with E-state index in [1.54, 1.807) is 0 Å². The molecule has 1 aromatic heterocycles. The van der Waals surface area contributed by atoms with Gasteiger partial charge in [0.15, 0.2) is 0 Å². The molecule has 30 heavy (non-hydrogen) atoms. The molecule has 0 aliphatic carbocycles. The third kappa shape index (κ3) is 12.1. The number of ether oxygens (including phenoxy) is 3. The zero-order valence-corrected chi connectivity index (χ0v) is 19.2. The highest BCUT2D eigenvalue weighted by Crippen LogP contribution is 2.17. The molecule has 0 atom stereocenters. The molecule has 0 saturated heterocycles. The monoisotopic (exact) mass is 426 g/mol. The summed E-state index contributed by atoms with van der Waals surface area (Å²) in [6, 6.07) is 0.380. The normalized spacial score (nSPS) is 10.9. The highest BCUT2D eigenvalue weighted by atomic mass is 16.5. The van der Waals surface area contributed by atoms with E-state index in [0.717, 1.165) is 51.6 Å². The van der Waals surface area contributed by atoms with Crippen LogP contribution in [-0.4, -0.2) is 74.2 Å². The van der Waals surface area contributed by atoms with Gasteiger partial charge in [-0.2, -0.15) is 15.0 Å². The summed E-state index contributed by atoms with van der Waals surface area (Å²) in [5.74, 6) is 1.20. The predicted molar refractivity (Wildman–Crippen MR) is 121 cm³/mol. The third-order valence-electron chi connectivity index (χ3n) is 4.34. The second-order valence-electron chi connectivity index (χ2n) is 7.08. The van der Waals surface area contributed by atoms with Gasteiger partial charge in [-0.1, -0.05) is 40.0 Å². The number of nitrogens with two attached hydrogens (primary N) is 1. The van der Waals surface area contributed by atoms with Crippen LogP contribution in [0.5, 0.6) is 6.01 Å². The maximum absolute atomic E-state index is 5.78. The van der Waals surface area contributed by atoms with Crippen molar-refractivity contribution in [3.63, 3.8) is 0 Å². The summed E-state index contributed by atoms with van der Waals surface area (Å²) in [6.07, 6.45) is 6.50. The lowest BCUT2D eigenvalue weighted by Gasteiger charge is -2.23. The number of anilines is 2. The van der Waals surface area contributed by atoms with E-state index in [1.807, 2.05) is 0 Å². The summed E-state index contributed by atoms with van der Waals surface area (Å²) in [5.41, 5.74) is 5.38. The molecule has 0 spiro atoms. The first-order valence-electron chi connectivity index (χ1n) is 11.5. The second-order valence-corrected chi connectivity index (χ2v) is 7.08. The van der Waals surface area contributed by atoms with E-state index in [-0.39, 0.29) is 0 Å². The molecule has 1 rings (SSSR count). The van der Waals surface area contributed by atoms with Crippen molar-refractivity contribution in [1.29, 1.82) is 0 Å². The fraction of sp³-hybridized carbons (Fsp3) is 0.857. The molecule has 174 valence electrons. The van der Waals surface area contributed by atoms with Gasteiger partial charge < -0.3 is 30.2 Å². The Kier molecular flexibility index (Phi) is 15.9. The minimum Gasteiger partial charge on any atom is -0.463 e. The molecule has 0 unspecified atom stereocenters. The van der Waals surface area contributed by atoms with Gasteiger partial charge in [0.1, 0.15) is 0 Å². The summed E-state index contributed by atoms with van der Waals surface area (Å²) in [5, 5.41) is 3.23. The van der Waals surface area contributed by atoms with E-state index < -0.39 is 0 Å². The van der Waals surface area contributed by atoms with Crippen LogP contribution in [0.3, 0.4) is 0 Å². The number of hydrogen-bond acceptors (Lipinski definition) is 9. The highest BCUT2D eigenvalue weighted by molar-refractivity contribution is 5.38. The fourth-order valence-corrected chi connectivity index (χ4v) is 2.59. The molecule has 0 fully saturated rings. The van der Waals surface area contributed by atoms with Gasteiger partial charge in [-0.15, -0.1) is 0 Å². The summed E-state index contributed by atoms with van der Waals surface area (Å²) < 4.78 is 16.6. The average Bonchev–Trinajstić information content (AvgIpc) is 2.76. The highest BCUT2D eigenvalue weighted by Gasteiger charge is 2.14. The molecule has 3 N–H and O–H groups in total. The van der Waals surface area contributed by atoms with Crippen molar-refractivity contribution < 1.29 is 14.2 Å². The maximum atomic E-state index is 5.78. The van der Waals surface area contributed by atoms with Gasteiger partial charge >= 0.3 is 6.01 Å². The van der Waals surface area contributed by atoms with Crippen molar-refractivity contribution in [3.05, 3.63) is 0 Å². The molecular formula is C21H42N6O3. The Morgan fingerprint density at radius 2 is 1.47 bits per heavy atom. The van der Waals surface area contributed by atoms with E-state index in [2.05, 4.69) is 45.9 Å². The maximum Gasteiger partial charge on any atom is 0.323 e. The van der Waals surface area contributed by atoms with Crippen molar-refractivity contribution in [1.82, 2.24) is 15.0 Å². The molecular weight excluding hydrogens is 384 g/mol. The van der Waals surface area contributed by atoms with Crippen molar-refractivity contribution in [3.8, 4) is 6.01 Å². The van der Waals surface area contributed by atoms with Crippen LogP contribution in [0.25, 0.3) is 0 Å². The van der Waals surface area contributed by atoms with Crippen LogP contribution < -0.4 is 20.7 Å². The van der Waals surface area contributed by atoms with Gasteiger partial charge in [-0.3, -0.25) is 0 Å². The Balaban J connectivity index is 2.70. The Labute approximate surface area is 182 Å². The minimum absolute atomic E-state index is 0.380. The number of unbranched alkanes of at least 4 members (excludes halogenated alkanes) is 3. The molecule has 0 radical (unpaired) electrons. The third-order valence-corrected chi connectivity index (χ3v) is 4.34. The van der Waals surface area contributed by atoms with E-state index in [9.17, 15) is 0 Å². The lowest BCUT2D eigenvalue weighted by Crippen LogP contribution is -2.28. The summed E-state index contributed by atoms with van der Waals surface area (Å²) >= 11 is 0. The molecule has 1 aromatic rings. The van der Waals surface area contributed by atoms with Crippen molar-refractivity contribution in [2.45, 2.75) is 59.3 Å². The van der Waals surface area contributed by atoms with Gasteiger partial charge in [0, 0.05) is 26.2 Å². The molecule has 9 nitrogen and oxygen atoms in total.